The molecule has 2 fully saturated rings. The number of ether oxygens (including phenoxy) is 1. The second-order valence-electron chi connectivity index (χ2n) is 8.03. The third-order valence-corrected chi connectivity index (χ3v) is 5.76. The fraction of sp³-hybridized carbons (Fsp3) is 0.944. The van der Waals surface area contributed by atoms with Crippen molar-refractivity contribution in [1.29, 1.82) is 0 Å². The third kappa shape index (κ3) is 6.81. The highest BCUT2D eigenvalue weighted by Crippen LogP contribution is 2.22. The maximum Gasteiger partial charge on any atom is 0.410 e. The number of rotatable bonds is 5. The molecule has 24 heavy (non-hydrogen) atoms. The van der Waals surface area contributed by atoms with Gasteiger partial charge >= 0.3 is 6.09 Å². The van der Waals surface area contributed by atoms with Crippen molar-refractivity contribution in [3.63, 3.8) is 0 Å². The van der Waals surface area contributed by atoms with Gasteiger partial charge in [-0.25, -0.2) is 4.79 Å². The number of thioether (sulfide) groups is 1. The molecule has 0 saturated carbocycles. The highest BCUT2D eigenvalue weighted by molar-refractivity contribution is 7.99. The van der Waals surface area contributed by atoms with E-state index in [0.717, 1.165) is 32.6 Å². The quantitative estimate of drug-likeness (QED) is 0.819. The molecular weight excluding hydrogens is 322 g/mol. The molecule has 1 N–H and O–H groups in total. The van der Waals surface area contributed by atoms with E-state index in [1.165, 1.54) is 31.0 Å². The Kier molecular flexibility index (Phi) is 7.69. The van der Waals surface area contributed by atoms with Crippen LogP contribution in [0.25, 0.3) is 0 Å². The van der Waals surface area contributed by atoms with Crippen LogP contribution in [0.2, 0.25) is 0 Å². The van der Waals surface area contributed by atoms with Crippen LogP contribution in [-0.4, -0.2) is 78.3 Å². The topological polar surface area (TPSA) is 44.8 Å². The molecule has 2 unspecified atom stereocenters. The molecule has 0 bridgehead atoms. The monoisotopic (exact) mass is 357 g/mol. The lowest BCUT2D eigenvalue weighted by Gasteiger charge is -2.37. The number of nitrogens with one attached hydrogen (secondary N) is 1. The molecule has 6 heteroatoms. The summed E-state index contributed by atoms with van der Waals surface area (Å²) in [5.74, 6) is 3.05. The van der Waals surface area contributed by atoms with E-state index in [1.54, 1.807) is 0 Å². The molecule has 0 spiro atoms. The van der Waals surface area contributed by atoms with E-state index in [9.17, 15) is 4.79 Å². The number of carbonyl (C=O) groups is 1. The van der Waals surface area contributed by atoms with Crippen molar-refractivity contribution in [3.05, 3.63) is 0 Å². The van der Waals surface area contributed by atoms with Crippen LogP contribution in [0.3, 0.4) is 0 Å². The Labute approximate surface area is 151 Å². The summed E-state index contributed by atoms with van der Waals surface area (Å²) in [5, 5.41) is 3.68. The molecule has 5 nitrogen and oxygen atoms in total. The number of amides is 1. The maximum absolute atomic E-state index is 12.3. The van der Waals surface area contributed by atoms with Crippen LogP contribution < -0.4 is 5.32 Å². The summed E-state index contributed by atoms with van der Waals surface area (Å²) in [6, 6.07) is 0.439. The molecule has 1 amide bonds. The zero-order valence-corrected chi connectivity index (χ0v) is 16.7. The second-order valence-corrected chi connectivity index (χ2v) is 9.25. The van der Waals surface area contributed by atoms with Gasteiger partial charge in [0.25, 0.3) is 0 Å². The second kappa shape index (κ2) is 9.30. The van der Waals surface area contributed by atoms with Gasteiger partial charge in [-0.1, -0.05) is 0 Å². The summed E-state index contributed by atoms with van der Waals surface area (Å²) in [4.78, 5) is 16.7. The first kappa shape index (κ1) is 19.9. The molecule has 0 aromatic heterocycles. The van der Waals surface area contributed by atoms with E-state index in [1.807, 2.05) is 25.7 Å². The van der Waals surface area contributed by atoms with E-state index in [0.29, 0.717) is 12.0 Å². The lowest BCUT2D eigenvalue weighted by atomic mass is 9.92. The number of likely N-dealkylation sites (tertiary alicyclic amines) is 1. The summed E-state index contributed by atoms with van der Waals surface area (Å²) in [6.07, 6.45) is 2.10. The van der Waals surface area contributed by atoms with E-state index < -0.39 is 5.60 Å². The highest BCUT2D eigenvalue weighted by Gasteiger charge is 2.30. The fourth-order valence-electron chi connectivity index (χ4n) is 3.35. The van der Waals surface area contributed by atoms with Gasteiger partial charge in [0.15, 0.2) is 0 Å². The number of nitrogens with zero attached hydrogens (tertiary/aromatic N) is 2. The minimum Gasteiger partial charge on any atom is -0.444 e. The van der Waals surface area contributed by atoms with Crippen LogP contribution in [-0.2, 0) is 4.74 Å². The van der Waals surface area contributed by atoms with Gasteiger partial charge in [0.1, 0.15) is 5.60 Å². The number of hydrogen-bond acceptors (Lipinski definition) is 5. The summed E-state index contributed by atoms with van der Waals surface area (Å²) in [6.45, 7) is 14.3. The van der Waals surface area contributed by atoms with Crippen LogP contribution >= 0.6 is 11.8 Å². The van der Waals surface area contributed by atoms with Gasteiger partial charge in [-0.05, 0) is 46.5 Å². The van der Waals surface area contributed by atoms with Gasteiger partial charge < -0.3 is 19.9 Å². The lowest BCUT2D eigenvalue weighted by Crippen LogP contribution is -2.49. The SMILES string of the molecule is CC(NCCN1CCSCC1)C1CCCN(C(=O)OC(C)(C)C)C1. The third-order valence-electron chi connectivity index (χ3n) is 4.81. The Balaban J connectivity index is 1.71. The maximum atomic E-state index is 12.3. The number of carbonyl (C=O) groups excluding carboxylic acids is 1. The first-order valence-electron chi connectivity index (χ1n) is 9.36. The van der Waals surface area contributed by atoms with Crippen LogP contribution in [0.1, 0.15) is 40.5 Å². The van der Waals surface area contributed by atoms with Gasteiger partial charge in [-0.3, -0.25) is 0 Å². The van der Waals surface area contributed by atoms with Gasteiger partial charge in [0.2, 0.25) is 0 Å². The van der Waals surface area contributed by atoms with E-state index in [2.05, 4.69) is 28.9 Å². The van der Waals surface area contributed by atoms with Crippen molar-refractivity contribution in [1.82, 2.24) is 15.1 Å². The minimum absolute atomic E-state index is 0.162. The zero-order chi connectivity index (χ0) is 17.6. The Hall–Kier alpha value is -0.460. The molecule has 2 saturated heterocycles. The van der Waals surface area contributed by atoms with Crippen LogP contribution in [0.15, 0.2) is 0 Å². The molecule has 2 aliphatic heterocycles. The molecule has 2 aliphatic rings. The van der Waals surface area contributed by atoms with Crippen molar-refractivity contribution in [2.45, 2.75) is 52.2 Å². The predicted octanol–water partition coefficient (Wildman–Crippen LogP) is 2.66. The summed E-state index contributed by atoms with van der Waals surface area (Å²) < 4.78 is 5.52. The number of piperidine rings is 1. The van der Waals surface area contributed by atoms with Crippen molar-refractivity contribution < 1.29 is 9.53 Å². The molecule has 2 atom stereocenters. The molecule has 140 valence electrons. The van der Waals surface area contributed by atoms with Gasteiger partial charge in [-0.2, -0.15) is 11.8 Å². The summed E-state index contributed by atoms with van der Waals surface area (Å²) >= 11 is 2.06. The van der Waals surface area contributed by atoms with Crippen molar-refractivity contribution in [2.75, 3.05) is 50.8 Å². The minimum atomic E-state index is -0.416. The Morgan fingerprint density at radius 2 is 2.00 bits per heavy atom. The zero-order valence-electron chi connectivity index (χ0n) is 15.8. The smallest absolute Gasteiger partial charge is 0.410 e. The average Bonchev–Trinajstić information content (AvgIpc) is 2.54. The Morgan fingerprint density at radius 3 is 2.67 bits per heavy atom. The van der Waals surface area contributed by atoms with Crippen LogP contribution in [0, 0.1) is 5.92 Å². The molecule has 0 aromatic rings. The van der Waals surface area contributed by atoms with Gasteiger partial charge in [0, 0.05) is 56.8 Å². The molecule has 2 heterocycles. The van der Waals surface area contributed by atoms with Crippen LogP contribution in [0.5, 0.6) is 0 Å². The Morgan fingerprint density at radius 1 is 1.29 bits per heavy atom. The fourth-order valence-corrected chi connectivity index (χ4v) is 4.33. The first-order chi connectivity index (χ1) is 11.3. The van der Waals surface area contributed by atoms with E-state index >= 15 is 0 Å². The van der Waals surface area contributed by atoms with Crippen molar-refractivity contribution in [2.24, 2.45) is 5.92 Å². The number of hydrogen-bond donors (Lipinski definition) is 1. The molecular formula is C18H35N3O2S. The average molecular weight is 358 g/mol. The normalized spacial score (nSPS) is 24.7. The molecule has 0 aromatic carbocycles. The van der Waals surface area contributed by atoms with Gasteiger partial charge in [-0.15, -0.1) is 0 Å². The molecule has 0 radical (unpaired) electrons. The van der Waals surface area contributed by atoms with Crippen molar-refractivity contribution >= 4 is 17.9 Å². The van der Waals surface area contributed by atoms with Gasteiger partial charge in [0.05, 0.1) is 0 Å². The first-order valence-corrected chi connectivity index (χ1v) is 10.5. The largest absolute Gasteiger partial charge is 0.444 e. The summed E-state index contributed by atoms with van der Waals surface area (Å²) in [7, 11) is 0. The van der Waals surface area contributed by atoms with Crippen molar-refractivity contribution in [3.8, 4) is 0 Å². The predicted molar refractivity (Wildman–Crippen MR) is 102 cm³/mol. The van der Waals surface area contributed by atoms with Crippen LogP contribution in [0.4, 0.5) is 4.79 Å². The molecule has 2 rings (SSSR count). The standard InChI is InChI=1S/C18H35N3O2S/c1-15(19-7-9-20-10-12-24-13-11-20)16-6-5-8-21(14-16)17(22)23-18(2,3)4/h15-16,19H,5-14H2,1-4H3. The lowest BCUT2D eigenvalue weighted by molar-refractivity contribution is 0.0148. The van der Waals surface area contributed by atoms with E-state index in [4.69, 9.17) is 4.74 Å². The van der Waals surface area contributed by atoms with E-state index in [-0.39, 0.29) is 6.09 Å². The molecule has 0 aliphatic carbocycles. The Bertz CT molecular complexity index is 394. The highest BCUT2D eigenvalue weighted by atomic mass is 32.2. The summed E-state index contributed by atoms with van der Waals surface area (Å²) in [5.41, 5.74) is -0.416.